The van der Waals surface area contributed by atoms with E-state index >= 15 is 0 Å². The summed E-state index contributed by atoms with van der Waals surface area (Å²) in [6.07, 6.45) is 0. The van der Waals surface area contributed by atoms with E-state index in [-0.39, 0.29) is 23.9 Å². The van der Waals surface area contributed by atoms with E-state index in [1.807, 2.05) is 0 Å². The number of aryl methyl sites for hydroxylation is 1. The second-order valence-electron chi connectivity index (χ2n) is 5.81. The van der Waals surface area contributed by atoms with Gasteiger partial charge in [-0.3, -0.25) is 4.79 Å². The Morgan fingerprint density at radius 1 is 0.964 bits per heavy atom. The average molecular weight is 390 g/mol. The molecule has 0 saturated heterocycles. The fraction of sp³-hybridized carbons (Fsp3) is 0.105. The van der Waals surface area contributed by atoms with Crippen molar-refractivity contribution in [2.75, 3.05) is 10.6 Å². The highest BCUT2D eigenvalue weighted by molar-refractivity contribution is 6.03. The zero-order valence-corrected chi connectivity index (χ0v) is 14.6. The predicted octanol–water partition coefficient (Wildman–Crippen LogP) is 4.21. The lowest BCUT2D eigenvalue weighted by Gasteiger charge is -2.10. The summed E-state index contributed by atoms with van der Waals surface area (Å²) in [6.45, 7) is 1.64. The topological polar surface area (TPSA) is 66.9 Å². The summed E-state index contributed by atoms with van der Waals surface area (Å²) >= 11 is 0. The van der Waals surface area contributed by atoms with Gasteiger partial charge in [0.2, 0.25) is 0 Å². The standard InChI is InChI=1S/C19H14F4N4O/c1-10-25-15(19(28)27-14-7-6-13(21)17(22)18(14)23)8-16(26-10)24-9-11-4-2-3-5-12(11)20/h2-8H,9H2,1H3,(H,27,28)(H,24,25,26). The van der Waals surface area contributed by atoms with Gasteiger partial charge in [-0.2, -0.15) is 0 Å². The van der Waals surface area contributed by atoms with Crippen LogP contribution in [0.15, 0.2) is 42.5 Å². The van der Waals surface area contributed by atoms with Crippen LogP contribution in [0.4, 0.5) is 29.1 Å². The fourth-order valence-corrected chi connectivity index (χ4v) is 2.41. The third-order valence-corrected chi connectivity index (χ3v) is 3.77. The molecule has 1 amide bonds. The lowest BCUT2D eigenvalue weighted by atomic mass is 10.2. The summed E-state index contributed by atoms with van der Waals surface area (Å²) < 4.78 is 53.7. The highest BCUT2D eigenvalue weighted by atomic mass is 19.2. The SMILES string of the molecule is Cc1nc(NCc2ccccc2F)cc(C(=O)Nc2ccc(F)c(F)c2F)n1. The molecule has 0 aliphatic rings. The molecule has 3 aromatic rings. The maximum Gasteiger partial charge on any atom is 0.274 e. The minimum atomic E-state index is -1.69. The minimum absolute atomic E-state index is 0.113. The van der Waals surface area contributed by atoms with E-state index in [4.69, 9.17) is 0 Å². The molecule has 3 rings (SSSR count). The highest BCUT2D eigenvalue weighted by Gasteiger charge is 2.17. The van der Waals surface area contributed by atoms with Gasteiger partial charge in [-0.1, -0.05) is 18.2 Å². The van der Waals surface area contributed by atoms with Gasteiger partial charge in [0.05, 0.1) is 5.69 Å². The molecule has 0 saturated carbocycles. The van der Waals surface area contributed by atoms with E-state index in [9.17, 15) is 22.4 Å². The van der Waals surface area contributed by atoms with Gasteiger partial charge in [-0.15, -0.1) is 0 Å². The molecule has 1 aromatic heterocycles. The molecular weight excluding hydrogens is 376 g/mol. The smallest absolute Gasteiger partial charge is 0.274 e. The summed E-state index contributed by atoms with van der Waals surface area (Å²) in [5.74, 6) is -5.34. The maximum atomic E-state index is 13.7. The third-order valence-electron chi connectivity index (χ3n) is 3.77. The lowest BCUT2D eigenvalue weighted by Crippen LogP contribution is -2.17. The first-order chi connectivity index (χ1) is 13.3. The van der Waals surface area contributed by atoms with Crippen molar-refractivity contribution in [1.82, 2.24) is 9.97 Å². The summed E-state index contributed by atoms with van der Waals surface area (Å²) in [7, 11) is 0. The van der Waals surface area contributed by atoms with Crippen molar-refractivity contribution < 1.29 is 22.4 Å². The molecule has 0 aliphatic carbocycles. The van der Waals surface area contributed by atoms with Crippen LogP contribution in [0.3, 0.4) is 0 Å². The Kier molecular flexibility index (Phi) is 5.53. The van der Waals surface area contributed by atoms with Crippen LogP contribution in [0.5, 0.6) is 0 Å². The van der Waals surface area contributed by atoms with E-state index in [1.54, 1.807) is 18.2 Å². The Morgan fingerprint density at radius 2 is 1.71 bits per heavy atom. The minimum Gasteiger partial charge on any atom is -0.366 e. The number of hydrogen-bond acceptors (Lipinski definition) is 4. The summed E-state index contributed by atoms with van der Waals surface area (Å²) in [5.41, 5.74) is -0.262. The number of amides is 1. The van der Waals surface area contributed by atoms with Crippen molar-refractivity contribution in [2.45, 2.75) is 13.5 Å². The van der Waals surface area contributed by atoms with Crippen molar-refractivity contribution in [2.24, 2.45) is 0 Å². The van der Waals surface area contributed by atoms with Gasteiger partial charge in [0.25, 0.3) is 5.91 Å². The van der Waals surface area contributed by atoms with E-state index in [0.717, 1.165) is 6.07 Å². The van der Waals surface area contributed by atoms with Crippen LogP contribution in [0, 0.1) is 30.2 Å². The number of rotatable bonds is 5. The molecule has 0 atom stereocenters. The van der Waals surface area contributed by atoms with Crippen molar-refractivity contribution in [3.05, 3.63) is 82.8 Å². The number of carbonyl (C=O) groups excluding carboxylic acids is 1. The zero-order valence-electron chi connectivity index (χ0n) is 14.6. The normalized spacial score (nSPS) is 10.6. The molecule has 2 aromatic carbocycles. The first-order valence-electron chi connectivity index (χ1n) is 8.13. The van der Waals surface area contributed by atoms with Crippen molar-refractivity contribution in [3.63, 3.8) is 0 Å². The molecular formula is C19H14F4N4O. The van der Waals surface area contributed by atoms with Gasteiger partial charge < -0.3 is 10.6 Å². The van der Waals surface area contributed by atoms with Crippen LogP contribution >= 0.6 is 0 Å². The number of nitrogens with zero attached hydrogens (tertiary/aromatic N) is 2. The summed E-state index contributed by atoms with van der Waals surface area (Å²) in [5, 5.41) is 5.01. The van der Waals surface area contributed by atoms with Gasteiger partial charge >= 0.3 is 0 Å². The van der Waals surface area contributed by atoms with E-state index in [1.165, 1.54) is 19.1 Å². The quantitative estimate of drug-likeness (QED) is 0.506. The Balaban J connectivity index is 1.78. The lowest BCUT2D eigenvalue weighted by molar-refractivity contribution is 0.102. The Labute approximate surface area is 157 Å². The Bertz CT molecular complexity index is 1040. The summed E-state index contributed by atoms with van der Waals surface area (Å²) in [4.78, 5) is 20.4. The molecule has 0 radical (unpaired) electrons. The monoisotopic (exact) mass is 390 g/mol. The second-order valence-corrected chi connectivity index (χ2v) is 5.81. The third kappa shape index (κ3) is 4.25. The van der Waals surface area contributed by atoms with Gasteiger partial charge in [0, 0.05) is 18.2 Å². The molecule has 0 bridgehead atoms. The fourth-order valence-electron chi connectivity index (χ4n) is 2.41. The van der Waals surface area contributed by atoms with Crippen molar-refractivity contribution in [3.8, 4) is 0 Å². The molecule has 2 N–H and O–H groups in total. The van der Waals surface area contributed by atoms with Crippen LogP contribution in [-0.4, -0.2) is 15.9 Å². The van der Waals surface area contributed by atoms with Gasteiger partial charge in [-0.25, -0.2) is 27.5 Å². The molecule has 5 nitrogen and oxygen atoms in total. The average Bonchev–Trinajstić information content (AvgIpc) is 2.67. The van der Waals surface area contributed by atoms with Crippen LogP contribution < -0.4 is 10.6 Å². The summed E-state index contributed by atoms with van der Waals surface area (Å²) in [6, 6.07) is 9.03. The maximum absolute atomic E-state index is 13.7. The number of benzene rings is 2. The van der Waals surface area contributed by atoms with Crippen molar-refractivity contribution >= 4 is 17.4 Å². The van der Waals surface area contributed by atoms with Gasteiger partial charge in [0.1, 0.15) is 23.2 Å². The van der Waals surface area contributed by atoms with Gasteiger partial charge in [0.15, 0.2) is 17.5 Å². The predicted molar refractivity (Wildman–Crippen MR) is 94.8 cm³/mol. The Hall–Kier alpha value is -3.49. The Morgan fingerprint density at radius 3 is 2.46 bits per heavy atom. The van der Waals surface area contributed by atoms with Crippen LogP contribution in [0.1, 0.15) is 21.9 Å². The molecule has 28 heavy (non-hydrogen) atoms. The van der Waals surface area contributed by atoms with E-state index in [0.29, 0.717) is 11.6 Å². The molecule has 0 fully saturated rings. The number of carbonyl (C=O) groups is 1. The van der Waals surface area contributed by atoms with E-state index in [2.05, 4.69) is 20.6 Å². The zero-order chi connectivity index (χ0) is 20.3. The second kappa shape index (κ2) is 8.03. The first-order valence-corrected chi connectivity index (χ1v) is 8.13. The molecule has 0 aliphatic heterocycles. The first kappa shape index (κ1) is 19.3. The number of hydrogen-bond donors (Lipinski definition) is 2. The molecule has 0 unspecified atom stereocenters. The van der Waals surface area contributed by atoms with Crippen LogP contribution in [-0.2, 0) is 6.54 Å². The molecule has 9 heteroatoms. The molecule has 0 spiro atoms. The number of halogens is 4. The largest absolute Gasteiger partial charge is 0.366 e. The van der Waals surface area contributed by atoms with E-state index < -0.39 is 34.9 Å². The van der Waals surface area contributed by atoms with Crippen molar-refractivity contribution in [1.29, 1.82) is 0 Å². The van der Waals surface area contributed by atoms with Crippen LogP contribution in [0.25, 0.3) is 0 Å². The highest BCUT2D eigenvalue weighted by Crippen LogP contribution is 2.20. The van der Waals surface area contributed by atoms with Crippen LogP contribution in [0.2, 0.25) is 0 Å². The number of nitrogens with one attached hydrogen (secondary N) is 2. The van der Waals surface area contributed by atoms with Gasteiger partial charge in [-0.05, 0) is 25.1 Å². The molecule has 1 heterocycles. The molecule has 144 valence electrons. The number of aromatic nitrogens is 2. The number of anilines is 2.